The zero-order valence-electron chi connectivity index (χ0n) is 17.3. The Kier molecular flexibility index (Phi) is 5.52. The molecule has 1 aliphatic rings. The van der Waals surface area contributed by atoms with Crippen LogP contribution in [0.25, 0.3) is 0 Å². The Balaban J connectivity index is 2.10. The van der Waals surface area contributed by atoms with Crippen molar-refractivity contribution in [2.45, 2.75) is 6.92 Å². The van der Waals surface area contributed by atoms with Gasteiger partial charge in [0.25, 0.3) is 0 Å². The van der Waals surface area contributed by atoms with Gasteiger partial charge in [-0.05, 0) is 49.4 Å². The van der Waals surface area contributed by atoms with E-state index in [1.807, 2.05) is 95.2 Å². The van der Waals surface area contributed by atoms with Crippen molar-refractivity contribution in [1.29, 1.82) is 0 Å². The van der Waals surface area contributed by atoms with Crippen LogP contribution in [0.2, 0.25) is 0 Å². The first kappa shape index (κ1) is 20.1. The number of fused-ring (bicyclic) bond motifs is 1. The Labute approximate surface area is 179 Å². The average Bonchev–Trinajstić information content (AvgIpc) is 3.03. The molecule has 0 bridgehead atoms. The van der Waals surface area contributed by atoms with Crippen molar-refractivity contribution >= 4 is 43.5 Å². The summed E-state index contributed by atoms with van der Waals surface area (Å²) in [5.74, 6) is 0. The van der Waals surface area contributed by atoms with Gasteiger partial charge in [-0.1, -0.05) is 72.7 Å². The number of hydrogen-bond donors (Lipinski definition) is 0. The van der Waals surface area contributed by atoms with E-state index >= 15 is 4.57 Å². The number of benzene rings is 3. The molecule has 148 valence electrons. The first-order valence-corrected chi connectivity index (χ1v) is 11.6. The summed E-state index contributed by atoms with van der Waals surface area (Å²) in [6, 6.07) is 26.1. The van der Waals surface area contributed by atoms with Crippen molar-refractivity contribution in [3.63, 3.8) is 0 Å². The molecular formula is C25H24BN2OP. The van der Waals surface area contributed by atoms with Gasteiger partial charge in [0, 0.05) is 11.4 Å². The monoisotopic (exact) mass is 410 g/mol. The normalized spacial score (nSPS) is 18.6. The van der Waals surface area contributed by atoms with E-state index in [0.29, 0.717) is 0 Å². The van der Waals surface area contributed by atoms with Gasteiger partial charge >= 0.3 is 7.44 Å². The molecular weight excluding hydrogens is 386 g/mol. The molecule has 0 aromatic heterocycles. The van der Waals surface area contributed by atoms with Crippen LogP contribution in [0.3, 0.4) is 0 Å². The summed E-state index contributed by atoms with van der Waals surface area (Å²) in [6.45, 7) is 5.82. The number of hydrogen-bond acceptors (Lipinski definition) is 1. The second-order valence-corrected chi connectivity index (χ2v) is 9.56. The largest absolute Gasteiger partial charge is 0.301 e. The zero-order valence-corrected chi connectivity index (χ0v) is 18.2. The highest BCUT2D eigenvalue weighted by Gasteiger charge is 2.49. The third kappa shape index (κ3) is 3.24. The molecule has 0 aliphatic carbocycles. The van der Waals surface area contributed by atoms with E-state index < -0.39 is 7.44 Å². The number of allylic oxidation sites excluding steroid dienone is 5. The van der Waals surface area contributed by atoms with E-state index in [0.717, 1.165) is 33.5 Å². The van der Waals surface area contributed by atoms with E-state index in [9.17, 15) is 0 Å². The average molecular weight is 410 g/mol. The Bertz CT molecular complexity index is 1170. The molecule has 3 aromatic rings. The maximum atomic E-state index is 15.2. The number of para-hydroxylation sites is 2. The molecule has 0 saturated heterocycles. The molecule has 0 radical (unpaired) electrons. The van der Waals surface area contributed by atoms with E-state index in [2.05, 4.69) is 32.6 Å². The topological polar surface area (TPSA) is 23.6 Å². The molecule has 1 aliphatic heterocycles. The third-order valence-corrected chi connectivity index (χ3v) is 8.04. The quantitative estimate of drug-likeness (QED) is 0.290. The van der Waals surface area contributed by atoms with E-state index in [1.165, 1.54) is 0 Å². The van der Waals surface area contributed by atoms with Gasteiger partial charge in [0.2, 0.25) is 0 Å². The van der Waals surface area contributed by atoms with Gasteiger partial charge < -0.3 is 0 Å². The second kappa shape index (κ2) is 8.26. The van der Waals surface area contributed by atoms with Crippen LogP contribution in [-0.2, 0) is 4.57 Å². The smallest absolute Gasteiger partial charge is 0.270 e. The van der Waals surface area contributed by atoms with Crippen molar-refractivity contribution < 1.29 is 4.57 Å². The van der Waals surface area contributed by atoms with Crippen LogP contribution < -0.4 is 14.8 Å². The van der Waals surface area contributed by atoms with Gasteiger partial charge in [-0.15, -0.1) is 0 Å². The first-order valence-electron chi connectivity index (χ1n) is 9.99. The molecule has 0 N–H and O–H groups in total. The molecule has 0 saturated carbocycles. The summed E-state index contributed by atoms with van der Waals surface area (Å²) in [4.78, 5) is 0. The van der Waals surface area contributed by atoms with E-state index in [4.69, 9.17) is 0 Å². The Morgan fingerprint density at radius 1 is 0.900 bits per heavy atom. The van der Waals surface area contributed by atoms with Gasteiger partial charge in [-0.25, -0.2) is 0 Å². The highest BCUT2D eigenvalue weighted by Crippen LogP contribution is 2.74. The van der Waals surface area contributed by atoms with E-state index in [1.54, 1.807) is 6.08 Å². The van der Waals surface area contributed by atoms with Crippen LogP contribution in [0.1, 0.15) is 6.92 Å². The molecule has 5 heteroatoms. The molecule has 0 fully saturated rings. The minimum absolute atomic E-state index is 0.724. The maximum Gasteiger partial charge on any atom is 0.301 e. The molecule has 1 heterocycles. The zero-order chi connectivity index (χ0) is 21.1. The maximum absolute atomic E-state index is 15.2. The van der Waals surface area contributed by atoms with Crippen LogP contribution in [0.5, 0.6) is 0 Å². The van der Waals surface area contributed by atoms with Crippen LogP contribution in [0, 0.1) is 0 Å². The highest BCUT2D eigenvalue weighted by molar-refractivity contribution is 7.73. The molecule has 3 nitrogen and oxygen atoms in total. The molecule has 4 rings (SSSR count). The summed E-state index contributed by atoms with van der Waals surface area (Å²) in [5, 5.41) is 0.724. The lowest BCUT2D eigenvalue weighted by Gasteiger charge is -2.33. The summed E-state index contributed by atoms with van der Waals surface area (Å²) >= 11 is 0. The molecule has 30 heavy (non-hydrogen) atoms. The van der Waals surface area contributed by atoms with E-state index in [-0.39, 0.29) is 0 Å². The van der Waals surface area contributed by atoms with Crippen molar-refractivity contribution in [1.82, 2.24) is 0 Å². The molecule has 0 spiro atoms. The Morgan fingerprint density at radius 3 is 2.00 bits per heavy atom. The van der Waals surface area contributed by atoms with Gasteiger partial charge in [0.1, 0.15) is 7.85 Å². The number of rotatable bonds is 5. The fourth-order valence-electron chi connectivity index (χ4n) is 3.87. The van der Waals surface area contributed by atoms with Gasteiger partial charge in [0.15, 0.2) is 0 Å². The predicted molar refractivity (Wildman–Crippen MR) is 132 cm³/mol. The van der Waals surface area contributed by atoms with Crippen LogP contribution in [0.15, 0.2) is 115 Å². The van der Waals surface area contributed by atoms with Crippen LogP contribution in [-0.4, -0.2) is 7.85 Å². The molecule has 3 aromatic carbocycles. The standard InChI is InChI=1S/C25H24BN2OP/c1-3-11-23(12-4-2)30(29)27(21-13-7-5-8-14-21)24-18-17-20(26)19-25(24)28(30)22-15-9-6-10-16-22/h3-19H,1,26H2,2H3/b12-4-,23-11+. The van der Waals surface area contributed by atoms with Crippen molar-refractivity contribution in [3.8, 4) is 0 Å². The fourth-order valence-corrected chi connectivity index (χ4v) is 6.96. The van der Waals surface area contributed by atoms with Gasteiger partial charge in [-0.2, -0.15) is 0 Å². The van der Waals surface area contributed by atoms with Gasteiger partial charge in [0.05, 0.1) is 16.7 Å². The van der Waals surface area contributed by atoms with Crippen molar-refractivity contribution in [2.24, 2.45) is 0 Å². The lowest BCUT2D eigenvalue weighted by molar-refractivity contribution is 0.581. The van der Waals surface area contributed by atoms with Gasteiger partial charge in [-0.3, -0.25) is 13.9 Å². The van der Waals surface area contributed by atoms with Crippen molar-refractivity contribution in [3.05, 3.63) is 115 Å². The van der Waals surface area contributed by atoms with Crippen molar-refractivity contribution in [2.75, 3.05) is 9.34 Å². The molecule has 1 unspecified atom stereocenters. The lowest BCUT2D eigenvalue weighted by atomic mass is 9.95. The Hall–Kier alpha value is -3.23. The third-order valence-electron chi connectivity index (χ3n) is 5.09. The molecule has 1 atom stereocenters. The fraction of sp³-hybridized carbons (Fsp3) is 0.0400. The highest BCUT2D eigenvalue weighted by atomic mass is 31.2. The number of anilines is 4. The summed E-state index contributed by atoms with van der Waals surface area (Å²) in [7, 11) is -1.25. The summed E-state index contributed by atoms with van der Waals surface area (Å²) in [6.07, 6.45) is 7.41. The number of nitrogens with zero attached hydrogens (tertiary/aromatic N) is 2. The second-order valence-electron chi connectivity index (χ2n) is 7.16. The minimum atomic E-state index is -3.31. The molecule has 0 amide bonds. The van der Waals surface area contributed by atoms with Crippen LogP contribution in [0.4, 0.5) is 22.7 Å². The lowest BCUT2D eigenvalue weighted by Crippen LogP contribution is -2.19. The Morgan fingerprint density at radius 2 is 1.47 bits per heavy atom. The van der Waals surface area contributed by atoms with Crippen LogP contribution >= 0.6 is 7.44 Å². The summed E-state index contributed by atoms with van der Waals surface area (Å²) in [5.41, 5.74) is 4.78. The predicted octanol–water partition coefficient (Wildman–Crippen LogP) is 6.07. The SMILES string of the molecule is Bc1ccc2c(c1)N(c1ccccc1)P(=O)(C(/C=C\C)=C/C=C)N2c1ccccc1. The first-order chi connectivity index (χ1) is 14.6. The minimum Gasteiger partial charge on any atom is -0.270 e. The summed E-state index contributed by atoms with van der Waals surface area (Å²) < 4.78 is 19.2.